The fraction of sp³-hybridized carbons (Fsp3) is 0.200. The predicted molar refractivity (Wildman–Crippen MR) is 101 cm³/mol. The normalized spacial score (nSPS) is 18.8. The molecule has 1 aromatic heterocycles. The van der Waals surface area contributed by atoms with Crippen LogP contribution in [0.5, 0.6) is 0 Å². The van der Waals surface area contributed by atoms with Crippen LogP contribution in [-0.2, 0) is 11.3 Å². The summed E-state index contributed by atoms with van der Waals surface area (Å²) in [7, 11) is 0. The first-order valence-corrected chi connectivity index (χ1v) is 9.11. The first-order chi connectivity index (χ1) is 12.2. The molecule has 2 atom stereocenters. The molecule has 1 N–H and O–H groups in total. The summed E-state index contributed by atoms with van der Waals surface area (Å²) < 4.78 is 2.92. The van der Waals surface area contributed by atoms with Crippen molar-refractivity contribution in [2.45, 2.75) is 18.9 Å². The van der Waals surface area contributed by atoms with Crippen LogP contribution in [0.3, 0.4) is 0 Å². The van der Waals surface area contributed by atoms with Crippen LogP contribution in [0.15, 0.2) is 71.5 Å². The predicted octanol–water partition coefficient (Wildman–Crippen LogP) is 4.44. The van der Waals surface area contributed by atoms with Crippen molar-refractivity contribution in [2.24, 2.45) is 5.92 Å². The van der Waals surface area contributed by atoms with Crippen LogP contribution < -0.4 is 5.32 Å². The van der Waals surface area contributed by atoms with E-state index in [2.05, 4.69) is 38.5 Å². The molecule has 3 aromatic rings. The maximum absolute atomic E-state index is 12.5. The van der Waals surface area contributed by atoms with E-state index in [-0.39, 0.29) is 11.8 Å². The lowest BCUT2D eigenvalue weighted by molar-refractivity contribution is -0.117. The SMILES string of the molecule is O=C(Nc1cccc(Cn2cccn2)c1)[C@H]1C[C@H]1c1cccc(Br)c1. The lowest BCUT2D eigenvalue weighted by atomic mass is 10.1. The molecule has 126 valence electrons. The summed E-state index contributed by atoms with van der Waals surface area (Å²) in [6.45, 7) is 0.695. The molecule has 25 heavy (non-hydrogen) atoms. The van der Waals surface area contributed by atoms with Crippen molar-refractivity contribution < 1.29 is 4.79 Å². The molecular formula is C20H18BrN3O. The topological polar surface area (TPSA) is 46.9 Å². The third kappa shape index (κ3) is 3.82. The van der Waals surface area contributed by atoms with E-state index in [1.165, 1.54) is 5.56 Å². The molecule has 0 radical (unpaired) electrons. The minimum absolute atomic E-state index is 0.0593. The number of hydrogen-bond acceptors (Lipinski definition) is 2. The maximum Gasteiger partial charge on any atom is 0.228 e. The van der Waals surface area contributed by atoms with E-state index >= 15 is 0 Å². The summed E-state index contributed by atoms with van der Waals surface area (Å²) in [6.07, 6.45) is 4.61. The molecule has 1 aliphatic carbocycles. The molecule has 0 spiro atoms. The Balaban J connectivity index is 1.40. The fourth-order valence-electron chi connectivity index (χ4n) is 3.15. The minimum Gasteiger partial charge on any atom is -0.326 e. The zero-order valence-corrected chi connectivity index (χ0v) is 15.2. The Bertz CT molecular complexity index is 891. The van der Waals surface area contributed by atoms with Crippen molar-refractivity contribution in [3.05, 3.63) is 82.6 Å². The van der Waals surface area contributed by atoms with Crippen molar-refractivity contribution in [1.29, 1.82) is 0 Å². The molecule has 4 nitrogen and oxygen atoms in total. The highest BCUT2D eigenvalue weighted by Gasteiger charge is 2.43. The molecule has 1 heterocycles. The zero-order valence-electron chi connectivity index (χ0n) is 13.6. The number of carbonyl (C=O) groups is 1. The van der Waals surface area contributed by atoms with E-state index in [1.54, 1.807) is 6.20 Å². The van der Waals surface area contributed by atoms with Gasteiger partial charge in [0.15, 0.2) is 0 Å². The third-order valence-electron chi connectivity index (χ3n) is 4.50. The number of amides is 1. The first-order valence-electron chi connectivity index (χ1n) is 8.32. The number of hydrogen-bond donors (Lipinski definition) is 1. The molecule has 0 bridgehead atoms. The number of nitrogens with zero attached hydrogens (tertiary/aromatic N) is 2. The second-order valence-electron chi connectivity index (χ2n) is 6.40. The van der Waals surface area contributed by atoms with Gasteiger partial charge in [0.05, 0.1) is 6.54 Å². The molecule has 1 fully saturated rings. The number of benzene rings is 2. The van der Waals surface area contributed by atoms with Crippen LogP contribution in [0, 0.1) is 5.92 Å². The lowest BCUT2D eigenvalue weighted by Crippen LogP contribution is -2.14. The van der Waals surface area contributed by atoms with Gasteiger partial charge in [-0.15, -0.1) is 0 Å². The highest BCUT2D eigenvalue weighted by atomic mass is 79.9. The maximum atomic E-state index is 12.5. The van der Waals surface area contributed by atoms with Crippen molar-refractivity contribution in [2.75, 3.05) is 5.32 Å². The highest BCUT2D eigenvalue weighted by molar-refractivity contribution is 9.10. The van der Waals surface area contributed by atoms with E-state index in [1.807, 2.05) is 53.3 Å². The van der Waals surface area contributed by atoms with Gasteiger partial charge in [-0.1, -0.05) is 40.2 Å². The van der Waals surface area contributed by atoms with Gasteiger partial charge in [0, 0.05) is 28.5 Å². The smallest absolute Gasteiger partial charge is 0.228 e. The van der Waals surface area contributed by atoms with E-state index in [0.29, 0.717) is 12.5 Å². The summed E-state index contributed by atoms with van der Waals surface area (Å²) in [6, 6.07) is 18.1. The number of nitrogens with one attached hydrogen (secondary N) is 1. The highest BCUT2D eigenvalue weighted by Crippen LogP contribution is 2.48. The molecule has 0 aliphatic heterocycles. The Morgan fingerprint density at radius 3 is 2.88 bits per heavy atom. The van der Waals surface area contributed by atoms with Crippen LogP contribution in [0.1, 0.15) is 23.5 Å². The van der Waals surface area contributed by atoms with Gasteiger partial charge in [-0.3, -0.25) is 9.48 Å². The van der Waals surface area contributed by atoms with Crippen LogP contribution in [0.2, 0.25) is 0 Å². The van der Waals surface area contributed by atoms with Crippen molar-refractivity contribution in [3.63, 3.8) is 0 Å². The average Bonchev–Trinajstić information content (AvgIpc) is 3.25. The Kier molecular flexibility index (Phi) is 4.40. The first kappa shape index (κ1) is 16.1. The van der Waals surface area contributed by atoms with E-state index in [0.717, 1.165) is 22.1 Å². The summed E-state index contributed by atoms with van der Waals surface area (Å²) in [4.78, 5) is 12.5. The van der Waals surface area contributed by atoms with Gasteiger partial charge in [-0.05, 0) is 53.8 Å². The zero-order chi connectivity index (χ0) is 17.2. The van der Waals surface area contributed by atoms with Gasteiger partial charge < -0.3 is 5.32 Å². The van der Waals surface area contributed by atoms with Gasteiger partial charge in [-0.25, -0.2) is 0 Å². The molecule has 1 amide bonds. The van der Waals surface area contributed by atoms with Gasteiger partial charge in [0.1, 0.15) is 0 Å². The Hall–Kier alpha value is -2.40. The lowest BCUT2D eigenvalue weighted by Gasteiger charge is -2.08. The largest absolute Gasteiger partial charge is 0.326 e. The average molecular weight is 396 g/mol. The molecule has 4 rings (SSSR count). The van der Waals surface area contributed by atoms with Crippen molar-refractivity contribution in [1.82, 2.24) is 9.78 Å². The quantitative estimate of drug-likeness (QED) is 0.693. The van der Waals surface area contributed by atoms with Gasteiger partial charge in [0.25, 0.3) is 0 Å². The second-order valence-corrected chi connectivity index (χ2v) is 7.31. The second kappa shape index (κ2) is 6.84. The molecule has 5 heteroatoms. The fourth-order valence-corrected chi connectivity index (χ4v) is 3.57. The number of anilines is 1. The van der Waals surface area contributed by atoms with Crippen LogP contribution in [0.25, 0.3) is 0 Å². The van der Waals surface area contributed by atoms with Gasteiger partial charge >= 0.3 is 0 Å². The summed E-state index contributed by atoms with van der Waals surface area (Å²) in [5.41, 5.74) is 3.18. The van der Waals surface area contributed by atoms with Crippen LogP contribution >= 0.6 is 15.9 Å². The van der Waals surface area contributed by atoms with Crippen molar-refractivity contribution >= 4 is 27.5 Å². The number of halogens is 1. The Labute approximate surface area is 155 Å². The monoisotopic (exact) mass is 395 g/mol. The molecular weight excluding hydrogens is 378 g/mol. The van der Waals surface area contributed by atoms with Crippen LogP contribution in [0.4, 0.5) is 5.69 Å². The standard InChI is InChI=1S/C20H18BrN3O/c21-16-6-2-5-15(11-16)18-12-19(18)20(25)23-17-7-1-4-14(10-17)13-24-9-3-8-22-24/h1-11,18-19H,12-13H2,(H,23,25)/t18-,19-/m0/s1. The molecule has 0 saturated heterocycles. The van der Waals surface area contributed by atoms with Crippen LogP contribution in [-0.4, -0.2) is 15.7 Å². The number of rotatable bonds is 5. The van der Waals surface area contributed by atoms with E-state index in [9.17, 15) is 4.79 Å². The third-order valence-corrected chi connectivity index (χ3v) is 5.00. The van der Waals surface area contributed by atoms with Crippen molar-refractivity contribution in [3.8, 4) is 0 Å². The molecule has 1 saturated carbocycles. The minimum atomic E-state index is 0.0593. The Morgan fingerprint density at radius 1 is 1.20 bits per heavy atom. The van der Waals surface area contributed by atoms with E-state index < -0.39 is 0 Å². The number of carbonyl (C=O) groups excluding carboxylic acids is 1. The Morgan fingerprint density at radius 2 is 2.08 bits per heavy atom. The summed E-state index contributed by atoms with van der Waals surface area (Å²) in [5, 5.41) is 7.27. The van der Waals surface area contributed by atoms with Gasteiger partial charge in [0.2, 0.25) is 5.91 Å². The molecule has 0 unspecified atom stereocenters. The molecule has 2 aromatic carbocycles. The van der Waals surface area contributed by atoms with Gasteiger partial charge in [-0.2, -0.15) is 5.10 Å². The molecule has 1 aliphatic rings. The van der Waals surface area contributed by atoms with E-state index in [4.69, 9.17) is 0 Å². The number of aromatic nitrogens is 2. The summed E-state index contributed by atoms with van der Waals surface area (Å²) in [5.74, 6) is 0.482. The summed E-state index contributed by atoms with van der Waals surface area (Å²) >= 11 is 3.49.